The largest absolute Gasteiger partial charge is 0.435 e. The SMILES string of the molecule is FC(F)(F)c1ccc(NC[C@H]2CC[C@@H](c3ncn[nH]3)O2)nn1. The molecule has 0 aliphatic carbocycles. The van der Waals surface area contributed by atoms with Crippen molar-refractivity contribution in [1.82, 2.24) is 25.4 Å². The lowest BCUT2D eigenvalue weighted by Crippen LogP contribution is -2.20. The number of H-pyrrole nitrogens is 1. The van der Waals surface area contributed by atoms with E-state index >= 15 is 0 Å². The first-order valence-corrected chi connectivity index (χ1v) is 6.68. The third kappa shape index (κ3) is 3.32. The normalized spacial score (nSPS) is 22.0. The van der Waals surface area contributed by atoms with Crippen LogP contribution in [-0.4, -0.2) is 38.0 Å². The lowest BCUT2D eigenvalue weighted by molar-refractivity contribution is -0.141. The maximum absolute atomic E-state index is 12.4. The maximum Gasteiger partial charge on any atom is 0.435 e. The molecule has 3 rings (SSSR count). The smallest absolute Gasteiger partial charge is 0.366 e. The van der Waals surface area contributed by atoms with Crippen LogP contribution in [0.2, 0.25) is 0 Å². The van der Waals surface area contributed by atoms with Gasteiger partial charge in [0, 0.05) is 6.54 Å². The van der Waals surface area contributed by atoms with Crippen LogP contribution in [0.5, 0.6) is 0 Å². The van der Waals surface area contributed by atoms with Crippen LogP contribution in [0.15, 0.2) is 18.5 Å². The van der Waals surface area contributed by atoms with Gasteiger partial charge in [-0.3, -0.25) is 5.10 Å². The fourth-order valence-corrected chi connectivity index (χ4v) is 2.22. The van der Waals surface area contributed by atoms with Gasteiger partial charge in [0.15, 0.2) is 11.5 Å². The third-order valence-electron chi connectivity index (χ3n) is 3.31. The molecule has 1 fully saturated rings. The molecule has 0 unspecified atom stereocenters. The minimum absolute atomic E-state index is 0.0702. The molecule has 2 aromatic heterocycles. The molecule has 1 aliphatic heterocycles. The Bertz CT molecular complexity index is 600. The third-order valence-corrected chi connectivity index (χ3v) is 3.31. The van der Waals surface area contributed by atoms with Gasteiger partial charge in [-0.2, -0.15) is 18.3 Å². The van der Waals surface area contributed by atoms with Crippen LogP contribution < -0.4 is 5.32 Å². The molecule has 0 amide bonds. The molecule has 22 heavy (non-hydrogen) atoms. The Morgan fingerprint density at radius 1 is 1.27 bits per heavy atom. The van der Waals surface area contributed by atoms with Crippen LogP contribution in [0.3, 0.4) is 0 Å². The van der Waals surface area contributed by atoms with Crippen LogP contribution in [0.1, 0.15) is 30.5 Å². The topological polar surface area (TPSA) is 88.6 Å². The zero-order chi connectivity index (χ0) is 15.6. The first-order valence-electron chi connectivity index (χ1n) is 6.68. The number of anilines is 1. The number of aromatic amines is 1. The Hall–Kier alpha value is -2.23. The number of alkyl halides is 3. The van der Waals surface area contributed by atoms with Crippen molar-refractivity contribution in [3.05, 3.63) is 30.0 Å². The summed E-state index contributed by atoms with van der Waals surface area (Å²) < 4.78 is 42.9. The highest BCUT2D eigenvalue weighted by Gasteiger charge is 2.33. The average molecular weight is 314 g/mol. The maximum atomic E-state index is 12.4. The van der Waals surface area contributed by atoms with Crippen LogP contribution >= 0.6 is 0 Å². The van der Waals surface area contributed by atoms with Crippen LogP contribution in [0.4, 0.5) is 19.0 Å². The predicted molar refractivity (Wildman–Crippen MR) is 68.8 cm³/mol. The highest BCUT2D eigenvalue weighted by molar-refractivity contribution is 5.33. The van der Waals surface area contributed by atoms with E-state index in [2.05, 4.69) is 30.7 Å². The molecule has 2 aromatic rings. The number of hydrogen-bond acceptors (Lipinski definition) is 6. The van der Waals surface area contributed by atoms with Gasteiger partial charge >= 0.3 is 6.18 Å². The van der Waals surface area contributed by atoms with Crippen LogP contribution in [0, 0.1) is 0 Å². The molecule has 1 aliphatic rings. The van der Waals surface area contributed by atoms with Crippen molar-refractivity contribution in [2.45, 2.75) is 31.2 Å². The summed E-state index contributed by atoms with van der Waals surface area (Å²) in [7, 11) is 0. The van der Waals surface area contributed by atoms with Crippen molar-refractivity contribution >= 4 is 5.82 Å². The van der Waals surface area contributed by atoms with Crippen molar-refractivity contribution in [3.8, 4) is 0 Å². The van der Waals surface area contributed by atoms with Gasteiger partial charge < -0.3 is 10.1 Å². The predicted octanol–water partition coefficient (Wildman–Crippen LogP) is 1.95. The molecule has 0 radical (unpaired) electrons. The summed E-state index contributed by atoms with van der Waals surface area (Å²) in [6.45, 7) is 0.435. The fourth-order valence-electron chi connectivity index (χ4n) is 2.22. The molecule has 1 saturated heterocycles. The van der Waals surface area contributed by atoms with E-state index in [1.807, 2.05) is 0 Å². The van der Waals surface area contributed by atoms with E-state index in [0.717, 1.165) is 18.9 Å². The van der Waals surface area contributed by atoms with Crippen molar-refractivity contribution in [2.24, 2.45) is 0 Å². The monoisotopic (exact) mass is 314 g/mol. The minimum Gasteiger partial charge on any atom is -0.366 e. The highest BCUT2D eigenvalue weighted by atomic mass is 19.4. The Morgan fingerprint density at radius 2 is 2.14 bits per heavy atom. The number of rotatable bonds is 4. The average Bonchev–Trinajstić information content (AvgIpc) is 3.15. The summed E-state index contributed by atoms with van der Waals surface area (Å²) in [6.07, 6.45) is -1.65. The van der Waals surface area contributed by atoms with E-state index in [1.54, 1.807) is 0 Å². The van der Waals surface area contributed by atoms with Crippen LogP contribution in [-0.2, 0) is 10.9 Å². The minimum atomic E-state index is -4.48. The molecular weight excluding hydrogens is 301 g/mol. The number of halogens is 3. The van der Waals surface area contributed by atoms with Crippen molar-refractivity contribution in [3.63, 3.8) is 0 Å². The fraction of sp³-hybridized carbons (Fsp3) is 0.500. The van der Waals surface area contributed by atoms with Gasteiger partial charge in [0.1, 0.15) is 18.2 Å². The standard InChI is InChI=1S/C12H13F3N6O/c13-12(14,15)9-3-4-10(20-19-9)16-5-7-1-2-8(22-7)11-17-6-18-21-11/h3-4,6-8H,1-2,5H2,(H,16,20)(H,17,18,21)/t7-,8+/m1/s1. The van der Waals surface area contributed by atoms with Gasteiger partial charge in [-0.25, -0.2) is 4.98 Å². The second-order valence-electron chi connectivity index (χ2n) is 4.88. The summed E-state index contributed by atoms with van der Waals surface area (Å²) >= 11 is 0. The zero-order valence-electron chi connectivity index (χ0n) is 11.3. The quantitative estimate of drug-likeness (QED) is 0.896. The Morgan fingerprint density at radius 3 is 2.77 bits per heavy atom. The molecule has 0 aromatic carbocycles. The molecule has 0 bridgehead atoms. The van der Waals surface area contributed by atoms with E-state index in [1.165, 1.54) is 12.4 Å². The Kier molecular flexibility index (Phi) is 3.92. The number of ether oxygens (including phenoxy) is 1. The number of nitrogens with zero attached hydrogens (tertiary/aromatic N) is 4. The zero-order valence-corrected chi connectivity index (χ0v) is 11.3. The Balaban J connectivity index is 1.51. The molecular formula is C12H13F3N6O. The summed E-state index contributed by atoms with van der Waals surface area (Å²) in [5, 5.41) is 16.1. The lowest BCUT2D eigenvalue weighted by atomic mass is 10.2. The van der Waals surface area contributed by atoms with Crippen molar-refractivity contribution in [1.29, 1.82) is 0 Å². The molecule has 2 N–H and O–H groups in total. The van der Waals surface area contributed by atoms with Crippen molar-refractivity contribution < 1.29 is 17.9 Å². The van der Waals surface area contributed by atoms with Crippen LogP contribution in [0.25, 0.3) is 0 Å². The summed E-state index contributed by atoms with van der Waals surface area (Å²) in [4.78, 5) is 4.04. The molecule has 3 heterocycles. The second kappa shape index (κ2) is 5.87. The van der Waals surface area contributed by atoms with Gasteiger partial charge in [-0.15, -0.1) is 10.2 Å². The van der Waals surface area contributed by atoms with E-state index in [-0.39, 0.29) is 18.0 Å². The molecule has 118 valence electrons. The van der Waals surface area contributed by atoms with Gasteiger partial charge in [-0.05, 0) is 25.0 Å². The number of aromatic nitrogens is 5. The van der Waals surface area contributed by atoms with Gasteiger partial charge in [0.05, 0.1) is 6.10 Å². The summed E-state index contributed by atoms with van der Waals surface area (Å²) in [5.41, 5.74) is -1.01. The van der Waals surface area contributed by atoms with E-state index < -0.39 is 11.9 Å². The molecule has 10 heteroatoms. The van der Waals surface area contributed by atoms with E-state index in [4.69, 9.17) is 4.74 Å². The van der Waals surface area contributed by atoms with Gasteiger partial charge in [-0.1, -0.05) is 0 Å². The first kappa shape index (κ1) is 14.7. The van der Waals surface area contributed by atoms with Crippen molar-refractivity contribution in [2.75, 3.05) is 11.9 Å². The van der Waals surface area contributed by atoms with Gasteiger partial charge in [0.2, 0.25) is 0 Å². The second-order valence-corrected chi connectivity index (χ2v) is 4.88. The Labute approximate surface area is 123 Å². The number of nitrogens with one attached hydrogen (secondary N) is 2. The first-order chi connectivity index (χ1) is 10.5. The lowest BCUT2D eigenvalue weighted by Gasteiger charge is -2.13. The molecule has 0 spiro atoms. The molecule has 7 nitrogen and oxygen atoms in total. The van der Waals surface area contributed by atoms with Gasteiger partial charge in [0.25, 0.3) is 0 Å². The summed E-state index contributed by atoms with van der Waals surface area (Å²) in [5.74, 6) is 0.955. The molecule has 0 saturated carbocycles. The molecule has 2 atom stereocenters. The van der Waals surface area contributed by atoms with E-state index in [0.29, 0.717) is 12.4 Å². The highest BCUT2D eigenvalue weighted by Crippen LogP contribution is 2.30. The number of hydrogen-bond donors (Lipinski definition) is 2. The summed E-state index contributed by atoms with van der Waals surface area (Å²) in [6, 6.07) is 2.14. The van der Waals surface area contributed by atoms with E-state index in [9.17, 15) is 13.2 Å².